The van der Waals surface area contributed by atoms with Gasteiger partial charge in [0.05, 0.1) is 5.69 Å². The fourth-order valence-corrected chi connectivity index (χ4v) is 3.92. The Labute approximate surface area is 163 Å². The van der Waals surface area contributed by atoms with E-state index >= 15 is 0 Å². The molecule has 1 unspecified atom stereocenters. The van der Waals surface area contributed by atoms with Gasteiger partial charge in [-0.25, -0.2) is 9.50 Å². The zero-order chi connectivity index (χ0) is 18.8. The Morgan fingerprint density at radius 2 is 1.89 bits per heavy atom. The molecule has 6 nitrogen and oxygen atoms in total. The lowest BCUT2D eigenvalue weighted by Crippen LogP contribution is -2.34. The average Bonchev–Trinajstić information content (AvgIpc) is 3.19. The Kier molecular flexibility index (Phi) is 4.54. The van der Waals surface area contributed by atoms with E-state index in [9.17, 15) is 0 Å². The average molecular weight is 370 g/mol. The highest BCUT2D eigenvalue weighted by Gasteiger charge is 2.25. The number of nitrogens with zero attached hydrogens (tertiary/aromatic N) is 6. The topological polar surface area (TPSA) is 59.2 Å². The van der Waals surface area contributed by atoms with Gasteiger partial charge in [-0.15, -0.1) is 0 Å². The van der Waals surface area contributed by atoms with Crippen LogP contribution in [0.3, 0.4) is 0 Å². The van der Waals surface area contributed by atoms with E-state index in [-0.39, 0.29) is 0 Å². The van der Waals surface area contributed by atoms with Crippen LogP contribution in [0, 0.1) is 0 Å². The van der Waals surface area contributed by atoms with Crippen LogP contribution in [0.25, 0.3) is 16.8 Å². The molecular formula is C22H22N6. The molecule has 5 rings (SSSR count). The number of rotatable bonds is 4. The van der Waals surface area contributed by atoms with Crippen LogP contribution in [-0.2, 0) is 6.54 Å². The van der Waals surface area contributed by atoms with Gasteiger partial charge in [0.25, 0.3) is 0 Å². The van der Waals surface area contributed by atoms with Crippen LogP contribution >= 0.6 is 0 Å². The van der Waals surface area contributed by atoms with Gasteiger partial charge >= 0.3 is 0 Å². The molecule has 0 spiro atoms. The van der Waals surface area contributed by atoms with Gasteiger partial charge in [0.15, 0.2) is 11.5 Å². The molecule has 1 aliphatic rings. The van der Waals surface area contributed by atoms with Gasteiger partial charge in [-0.05, 0) is 61.3 Å². The molecule has 0 amide bonds. The predicted octanol–water partition coefficient (Wildman–Crippen LogP) is 3.57. The first-order chi connectivity index (χ1) is 13.8. The highest BCUT2D eigenvalue weighted by molar-refractivity contribution is 5.63. The summed E-state index contributed by atoms with van der Waals surface area (Å²) in [6, 6.07) is 14.3. The predicted molar refractivity (Wildman–Crippen MR) is 108 cm³/mol. The van der Waals surface area contributed by atoms with Crippen LogP contribution < -0.4 is 0 Å². The number of hydrogen-bond acceptors (Lipinski definition) is 5. The SMILES string of the molecule is c1ccc(CN2CCCC(c3nc4ccc(-c5ccncc5)cn4n3)C2)nc1. The Bertz CT molecular complexity index is 1060. The van der Waals surface area contributed by atoms with Crippen molar-refractivity contribution in [3.05, 3.63) is 78.8 Å². The maximum Gasteiger partial charge on any atom is 0.156 e. The number of likely N-dealkylation sites (tertiary alicyclic amines) is 1. The molecule has 0 bridgehead atoms. The smallest absolute Gasteiger partial charge is 0.156 e. The number of piperidine rings is 1. The lowest BCUT2D eigenvalue weighted by molar-refractivity contribution is 0.194. The highest BCUT2D eigenvalue weighted by atomic mass is 15.3. The summed E-state index contributed by atoms with van der Waals surface area (Å²) in [6.07, 6.45) is 9.83. The molecule has 1 atom stereocenters. The Morgan fingerprint density at radius 3 is 2.75 bits per heavy atom. The molecule has 0 aromatic carbocycles. The van der Waals surface area contributed by atoms with Crippen LogP contribution in [0.5, 0.6) is 0 Å². The van der Waals surface area contributed by atoms with Crippen molar-refractivity contribution in [1.82, 2.24) is 29.5 Å². The van der Waals surface area contributed by atoms with Crippen molar-refractivity contribution < 1.29 is 0 Å². The fourth-order valence-electron chi connectivity index (χ4n) is 3.92. The normalized spacial score (nSPS) is 17.8. The molecule has 0 radical (unpaired) electrons. The quantitative estimate of drug-likeness (QED) is 0.550. The first-order valence-electron chi connectivity index (χ1n) is 9.74. The first kappa shape index (κ1) is 17.0. The standard InChI is InChI=1S/C22H22N6/c1-2-10-24-20(5-1)16-27-13-3-4-19(14-27)22-25-21-7-6-18(15-28(21)26-22)17-8-11-23-12-9-17/h1-2,5-12,15,19H,3-4,13-14,16H2. The van der Waals surface area contributed by atoms with Gasteiger partial charge in [0.2, 0.25) is 0 Å². The maximum absolute atomic E-state index is 4.81. The summed E-state index contributed by atoms with van der Waals surface area (Å²) in [5.41, 5.74) is 4.27. The molecule has 1 fully saturated rings. The van der Waals surface area contributed by atoms with E-state index in [1.807, 2.05) is 53.4 Å². The van der Waals surface area contributed by atoms with Gasteiger partial charge in [0.1, 0.15) is 0 Å². The van der Waals surface area contributed by atoms with Gasteiger partial charge in [-0.3, -0.25) is 14.9 Å². The van der Waals surface area contributed by atoms with E-state index in [1.54, 1.807) is 0 Å². The van der Waals surface area contributed by atoms with E-state index in [2.05, 4.69) is 33.2 Å². The molecule has 140 valence electrons. The Hall–Kier alpha value is -3.12. The van der Waals surface area contributed by atoms with E-state index in [0.29, 0.717) is 5.92 Å². The van der Waals surface area contributed by atoms with Gasteiger partial charge < -0.3 is 0 Å². The van der Waals surface area contributed by atoms with Gasteiger partial charge in [-0.1, -0.05) is 6.07 Å². The van der Waals surface area contributed by atoms with Crippen molar-refractivity contribution in [3.8, 4) is 11.1 Å². The van der Waals surface area contributed by atoms with E-state index < -0.39 is 0 Å². The maximum atomic E-state index is 4.81. The number of aromatic nitrogens is 5. The van der Waals surface area contributed by atoms with E-state index in [4.69, 9.17) is 10.1 Å². The summed E-state index contributed by atoms with van der Waals surface area (Å²) < 4.78 is 1.91. The van der Waals surface area contributed by atoms with Crippen molar-refractivity contribution >= 4 is 5.65 Å². The summed E-state index contributed by atoms with van der Waals surface area (Å²) in [7, 11) is 0. The lowest BCUT2D eigenvalue weighted by Gasteiger charge is -2.31. The van der Waals surface area contributed by atoms with Crippen molar-refractivity contribution in [2.24, 2.45) is 0 Å². The van der Waals surface area contributed by atoms with Crippen LogP contribution in [0.4, 0.5) is 0 Å². The van der Waals surface area contributed by atoms with Crippen molar-refractivity contribution in [2.75, 3.05) is 13.1 Å². The summed E-state index contributed by atoms with van der Waals surface area (Å²) in [6.45, 7) is 2.97. The molecule has 6 heteroatoms. The number of hydrogen-bond donors (Lipinski definition) is 0. The summed E-state index contributed by atoms with van der Waals surface area (Å²) in [5, 5.41) is 4.81. The van der Waals surface area contributed by atoms with Gasteiger partial charge in [-0.2, -0.15) is 5.10 Å². The van der Waals surface area contributed by atoms with Crippen LogP contribution in [0.15, 0.2) is 67.3 Å². The van der Waals surface area contributed by atoms with Crippen molar-refractivity contribution in [3.63, 3.8) is 0 Å². The second-order valence-corrected chi connectivity index (χ2v) is 7.32. The summed E-state index contributed by atoms with van der Waals surface area (Å²) in [4.78, 5) is 15.8. The molecule has 0 aliphatic carbocycles. The second-order valence-electron chi connectivity index (χ2n) is 7.32. The molecular weight excluding hydrogens is 348 g/mol. The summed E-state index contributed by atoms with van der Waals surface area (Å²) in [5.74, 6) is 1.30. The Balaban J connectivity index is 1.36. The zero-order valence-electron chi connectivity index (χ0n) is 15.6. The first-order valence-corrected chi connectivity index (χ1v) is 9.74. The number of fused-ring (bicyclic) bond motifs is 1. The minimum Gasteiger partial charge on any atom is -0.297 e. The fraction of sp³-hybridized carbons (Fsp3) is 0.273. The van der Waals surface area contributed by atoms with Crippen LogP contribution in [-0.4, -0.2) is 42.6 Å². The molecule has 1 saturated heterocycles. The number of pyridine rings is 3. The minimum atomic E-state index is 0.363. The molecule has 4 aromatic rings. The van der Waals surface area contributed by atoms with Crippen molar-refractivity contribution in [2.45, 2.75) is 25.3 Å². The molecule has 1 aliphatic heterocycles. The van der Waals surface area contributed by atoms with Crippen LogP contribution in [0.1, 0.15) is 30.3 Å². The summed E-state index contributed by atoms with van der Waals surface area (Å²) >= 11 is 0. The lowest BCUT2D eigenvalue weighted by atomic mass is 9.97. The molecule has 0 N–H and O–H groups in total. The molecule has 4 aromatic heterocycles. The van der Waals surface area contributed by atoms with E-state index in [1.165, 1.54) is 0 Å². The zero-order valence-corrected chi connectivity index (χ0v) is 15.6. The molecule has 28 heavy (non-hydrogen) atoms. The molecule has 0 saturated carbocycles. The van der Waals surface area contributed by atoms with Crippen molar-refractivity contribution in [1.29, 1.82) is 0 Å². The highest BCUT2D eigenvalue weighted by Crippen LogP contribution is 2.26. The molecule has 5 heterocycles. The second kappa shape index (κ2) is 7.48. The third-order valence-electron chi connectivity index (χ3n) is 5.34. The minimum absolute atomic E-state index is 0.363. The Morgan fingerprint density at radius 1 is 0.964 bits per heavy atom. The third kappa shape index (κ3) is 3.51. The van der Waals surface area contributed by atoms with E-state index in [0.717, 1.165) is 60.8 Å². The van der Waals surface area contributed by atoms with Gasteiger partial charge in [0, 0.05) is 49.4 Å². The van der Waals surface area contributed by atoms with Crippen LogP contribution in [0.2, 0.25) is 0 Å². The largest absolute Gasteiger partial charge is 0.297 e. The monoisotopic (exact) mass is 370 g/mol. The third-order valence-corrected chi connectivity index (χ3v) is 5.34.